The summed E-state index contributed by atoms with van der Waals surface area (Å²) in [6.45, 7) is 3.59. The van der Waals surface area contributed by atoms with E-state index in [4.69, 9.17) is 23.2 Å². The van der Waals surface area contributed by atoms with Gasteiger partial charge in [-0.1, -0.05) is 23.2 Å². The van der Waals surface area contributed by atoms with E-state index in [1.807, 2.05) is 6.92 Å². The molecule has 2 amide bonds. The SMILES string of the molecule is Cc1cc(Cl)cc(C(=O)NC2(C)C[S+]([O-])C2)c1NC(=O)C1CC(Br)=NN1c1ncccc1Cl. The second-order valence-electron chi connectivity index (χ2n) is 8.23. The Kier molecular flexibility index (Phi) is 6.93. The minimum Gasteiger partial charge on any atom is -0.616 e. The lowest BCUT2D eigenvalue weighted by Gasteiger charge is -2.39. The van der Waals surface area contributed by atoms with E-state index >= 15 is 0 Å². The summed E-state index contributed by atoms with van der Waals surface area (Å²) in [6, 6.07) is 5.80. The number of benzene rings is 1. The molecular weight excluding hydrogens is 553 g/mol. The second-order valence-corrected chi connectivity index (χ2v) is 11.4. The summed E-state index contributed by atoms with van der Waals surface area (Å²) in [4.78, 5) is 30.7. The van der Waals surface area contributed by atoms with Crippen molar-refractivity contribution in [3.05, 3.63) is 51.6 Å². The van der Waals surface area contributed by atoms with Crippen molar-refractivity contribution in [2.24, 2.45) is 5.10 Å². The number of aryl methyl sites for hydroxylation is 1. The van der Waals surface area contributed by atoms with Crippen LogP contribution in [0.1, 0.15) is 29.3 Å². The van der Waals surface area contributed by atoms with Gasteiger partial charge >= 0.3 is 0 Å². The Morgan fingerprint density at radius 3 is 2.73 bits per heavy atom. The first-order chi connectivity index (χ1) is 15.6. The maximum Gasteiger partial charge on any atom is 0.254 e. The summed E-state index contributed by atoms with van der Waals surface area (Å²) in [5.74, 6) is 0.333. The number of nitrogens with one attached hydrogen (secondary N) is 2. The number of halogens is 3. The van der Waals surface area contributed by atoms with Crippen LogP contribution < -0.4 is 15.6 Å². The number of carbonyl (C=O) groups excluding carboxylic acids is 2. The van der Waals surface area contributed by atoms with Gasteiger partial charge in [-0.15, -0.1) is 0 Å². The van der Waals surface area contributed by atoms with E-state index < -0.39 is 28.7 Å². The molecule has 2 aliphatic rings. The lowest BCUT2D eigenvalue weighted by molar-refractivity contribution is -0.117. The molecular formula is C21H20BrCl2N5O3S. The van der Waals surface area contributed by atoms with Crippen molar-refractivity contribution in [2.75, 3.05) is 21.8 Å². The lowest BCUT2D eigenvalue weighted by atomic mass is 10.0. The average molecular weight is 573 g/mol. The molecule has 2 aliphatic heterocycles. The van der Waals surface area contributed by atoms with E-state index in [0.29, 0.717) is 49.7 Å². The summed E-state index contributed by atoms with van der Waals surface area (Å²) in [5.41, 5.74) is 0.647. The molecule has 1 unspecified atom stereocenters. The second kappa shape index (κ2) is 9.42. The molecule has 0 bridgehead atoms. The normalized spacial score (nSPS) is 24.2. The summed E-state index contributed by atoms with van der Waals surface area (Å²) in [5, 5.41) is 12.3. The van der Waals surface area contributed by atoms with Crippen molar-refractivity contribution in [1.29, 1.82) is 0 Å². The summed E-state index contributed by atoms with van der Waals surface area (Å²) < 4.78 is 12.1. The average Bonchev–Trinajstić information content (AvgIpc) is 3.10. The number of hydrogen-bond acceptors (Lipinski definition) is 6. The Hall–Kier alpha value is -1.85. The predicted octanol–water partition coefficient (Wildman–Crippen LogP) is 3.87. The molecule has 0 aliphatic carbocycles. The van der Waals surface area contributed by atoms with Gasteiger partial charge in [0.15, 0.2) is 5.82 Å². The zero-order valence-electron chi connectivity index (χ0n) is 17.7. The van der Waals surface area contributed by atoms with Crippen LogP contribution in [0.5, 0.6) is 0 Å². The van der Waals surface area contributed by atoms with Crippen LogP contribution in [0.4, 0.5) is 11.5 Å². The van der Waals surface area contributed by atoms with Gasteiger partial charge in [-0.3, -0.25) is 9.59 Å². The maximum atomic E-state index is 13.3. The zero-order valence-corrected chi connectivity index (χ0v) is 21.6. The van der Waals surface area contributed by atoms with Crippen LogP contribution in [0.3, 0.4) is 0 Å². The first kappa shape index (κ1) is 24.3. The highest BCUT2D eigenvalue weighted by molar-refractivity contribution is 9.18. The highest BCUT2D eigenvalue weighted by Crippen LogP contribution is 2.32. The van der Waals surface area contributed by atoms with Crippen molar-refractivity contribution in [1.82, 2.24) is 10.3 Å². The van der Waals surface area contributed by atoms with Crippen LogP contribution >= 0.6 is 39.1 Å². The molecule has 12 heteroatoms. The van der Waals surface area contributed by atoms with Gasteiger partial charge in [0.25, 0.3) is 5.91 Å². The Bertz CT molecular complexity index is 1160. The Morgan fingerprint density at radius 1 is 1.33 bits per heavy atom. The van der Waals surface area contributed by atoms with Gasteiger partial charge in [0.1, 0.15) is 27.7 Å². The molecule has 1 aromatic heterocycles. The van der Waals surface area contributed by atoms with E-state index in [9.17, 15) is 14.1 Å². The number of carbonyl (C=O) groups is 2. The van der Waals surface area contributed by atoms with Gasteiger partial charge in [-0.2, -0.15) is 5.10 Å². The fraction of sp³-hybridized carbons (Fsp3) is 0.333. The lowest BCUT2D eigenvalue weighted by Crippen LogP contribution is -2.63. The molecule has 3 heterocycles. The third-order valence-electron chi connectivity index (χ3n) is 5.30. The van der Waals surface area contributed by atoms with Gasteiger partial charge in [0.05, 0.1) is 16.3 Å². The Morgan fingerprint density at radius 2 is 2.06 bits per heavy atom. The summed E-state index contributed by atoms with van der Waals surface area (Å²) in [6.07, 6.45) is 1.87. The number of hydrazone groups is 1. The van der Waals surface area contributed by atoms with Gasteiger partial charge in [-0.05, 0) is 70.8 Å². The molecule has 4 rings (SSSR count). The Balaban J connectivity index is 1.60. The number of rotatable bonds is 5. The van der Waals surface area contributed by atoms with Crippen LogP contribution in [0, 0.1) is 6.92 Å². The highest BCUT2D eigenvalue weighted by atomic mass is 79.9. The predicted molar refractivity (Wildman–Crippen MR) is 135 cm³/mol. The Labute approximate surface area is 212 Å². The fourth-order valence-corrected chi connectivity index (χ4v) is 6.23. The number of anilines is 2. The molecule has 8 nitrogen and oxygen atoms in total. The number of hydrogen-bond donors (Lipinski definition) is 2. The third kappa shape index (κ3) is 5.14. The van der Waals surface area contributed by atoms with Crippen molar-refractivity contribution >= 4 is 78.2 Å². The van der Waals surface area contributed by atoms with Gasteiger partial charge < -0.3 is 15.2 Å². The largest absolute Gasteiger partial charge is 0.616 e. The van der Waals surface area contributed by atoms with Crippen LogP contribution in [0.15, 0.2) is 35.6 Å². The van der Waals surface area contributed by atoms with Crippen molar-refractivity contribution in [3.8, 4) is 0 Å². The molecule has 1 atom stereocenters. The molecule has 174 valence electrons. The minimum absolute atomic E-state index is 0.229. The third-order valence-corrected chi connectivity index (χ3v) is 8.21. The number of amides is 2. The summed E-state index contributed by atoms with van der Waals surface area (Å²) in [7, 11) is 0. The van der Waals surface area contributed by atoms with Crippen molar-refractivity contribution in [2.45, 2.75) is 31.8 Å². The fourth-order valence-electron chi connectivity index (χ4n) is 3.79. The van der Waals surface area contributed by atoms with E-state index in [1.54, 1.807) is 31.3 Å². The molecule has 33 heavy (non-hydrogen) atoms. The van der Waals surface area contributed by atoms with Gasteiger partial charge in [0.2, 0.25) is 5.91 Å². The first-order valence-corrected chi connectivity index (χ1v) is 13.0. The van der Waals surface area contributed by atoms with Crippen molar-refractivity contribution < 1.29 is 14.1 Å². The van der Waals surface area contributed by atoms with E-state index in [-0.39, 0.29) is 11.5 Å². The van der Waals surface area contributed by atoms with Gasteiger partial charge in [-0.25, -0.2) is 9.99 Å². The summed E-state index contributed by atoms with van der Waals surface area (Å²) >= 11 is 14.9. The monoisotopic (exact) mass is 571 g/mol. The van der Waals surface area contributed by atoms with Crippen LogP contribution in [-0.2, 0) is 16.0 Å². The smallest absolute Gasteiger partial charge is 0.254 e. The van der Waals surface area contributed by atoms with E-state index in [0.717, 1.165) is 0 Å². The minimum atomic E-state index is -0.937. The van der Waals surface area contributed by atoms with Crippen molar-refractivity contribution in [3.63, 3.8) is 0 Å². The van der Waals surface area contributed by atoms with Gasteiger partial charge in [0, 0.05) is 17.6 Å². The molecule has 0 saturated carbocycles. The van der Waals surface area contributed by atoms with E-state index in [2.05, 4.69) is 36.6 Å². The molecule has 1 saturated heterocycles. The van der Waals surface area contributed by atoms with Crippen LogP contribution in [0.2, 0.25) is 10.0 Å². The molecule has 0 spiro atoms. The van der Waals surface area contributed by atoms with E-state index in [1.165, 1.54) is 11.1 Å². The van der Waals surface area contributed by atoms with Crippen LogP contribution in [0.25, 0.3) is 0 Å². The maximum absolute atomic E-state index is 13.3. The standard InChI is InChI=1S/C21H20BrCl2N5O3S/c1-11-6-12(23)7-13(19(30)27-21(2)9-33(32)10-21)17(11)26-20(31)15-8-16(22)28-29(15)18-14(24)4-3-5-25-18/h3-7,15H,8-10H2,1-2H3,(H,26,31)(H,27,30). The van der Waals surface area contributed by atoms with Crippen LogP contribution in [-0.4, -0.2) is 49.1 Å². The molecule has 0 radical (unpaired) electrons. The first-order valence-electron chi connectivity index (χ1n) is 9.97. The quantitative estimate of drug-likeness (QED) is 0.528. The number of pyridine rings is 1. The zero-order chi connectivity index (χ0) is 23.9. The molecule has 1 aromatic carbocycles. The topological polar surface area (TPSA) is 110 Å². The molecule has 2 N–H and O–H groups in total. The molecule has 2 aromatic rings. The number of aromatic nitrogens is 1. The number of nitrogens with zero attached hydrogens (tertiary/aromatic N) is 3. The highest BCUT2D eigenvalue weighted by Gasteiger charge is 2.46. The molecule has 1 fully saturated rings.